The van der Waals surface area contributed by atoms with Gasteiger partial charge in [0.05, 0.1) is 20.9 Å². The van der Waals surface area contributed by atoms with E-state index in [1.807, 2.05) is 6.07 Å². The smallest absolute Gasteiger partial charge is 0.270 e. The van der Waals surface area contributed by atoms with Gasteiger partial charge in [0.15, 0.2) is 11.6 Å². The number of benzene rings is 3. The van der Waals surface area contributed by atoms with Crippen LogP contribution in [0.5, 0.6) is 0 Å². The fourth-order valence-corrected chi connectivity index (χ4v) is 4.76. The van der Waals surface area contributed by atoms with E-state index in [9.17, 15) is 18.5 Å². The average Bonchev–Trinajstić information content (AvgIpc) is 3.29. The normalized spacial score (nSPS) is 11.7. The van der Waals surface area contributed by atoms with Crippen molar-refractivity contribution in [1.82, 2.24) is 19.6 Å². The summed E-state index contributed by atoms with van der Waals surface area (Å²) in [5.41, 5.74) is 1.73. The summed E-state index contributed by atoms with van der Waals surface area (Å²) >= 11 is 0. The van der Waals surface area contributed by atoms with E-state index in [4.69, 9.17) is 0 Å². The molecule has 10 nitrogen and oxygen atoms in total. The van der Waals surface area contributed by atoms with E-state index in [0.717, 1.165) is 4.31 Å². The summed E-state index contributed by atoms with van der Waals surface area (Å²) in [5, 5.41) is 19.7. The molecule has 5 aromatic rings. The Morgan fingerprint density at radius 3 is 2.42 bits per heavy atom. The molecule has 0 saturated heterocycles. The number of sulfonamides is 1. The summed E-state index contributed by atoms with van der Waals surface area (Å²) in [4.78, 5) is 15.5. The highest BCUT2D eigenvalue weighted by Crippen LogP contribution is 2.31. The minimum absolute atomic E-state index is 0.0849. The Hall–Kier alpha value is -4.38. The standard InChI is InChI=1S/C22H16N6O4S/c1-26(33(31,32)17-10-3-2-4-11-17)21-22-25-24-20(15-8-7-9-16(14-15)28(29)30)27(22)19-13-6-5-12-18(19)23-21/h2-14H,1H3. The van der Waals surface area contributed by atoms with Gasteiger partial charge in [-0.25, -0.2) is 17.7 Å². The number of hydrogen-bond donors (Lipinski definition) is 0. The molecule has 0 fully saturated rings. The molecule has 0 radical (unpaired) electrons. The summed E-state index contributed by atoms with van der Waals surface area (Å²) in [7, 11) is -2.52. The molecular formula is C22H16N6O4S. The fourth-order valence-electron chi connectivity index (χ4n) is 3.59. The van der Waals surface area contributed by atoms with Crippen LogP contribution >= 0.6 is 0 Å². The number of hydrogen-bond acceptors (Lipinski definition) is 7. The van der Waals surface area contributed by atoms with Crippen molar-refractivity contribution in [3.63, 3.8) is 0 Å². The monoisotopic (exact) mass is 460 g/mol. The van der Waals surface area contributed by atoms with Gasteiger partial charge in [0, 0.05) is 24.7 Å². The first-order valence-electron chi connectivity index (χ1n) is 9.80. The van der Waals surface area contributed by atoms with E-state index in [2.05, 4.69) is 15.2 Å². The van der Waals surface area contributed by atoms with Crippen molar-refractivity contribution in [3.8, 4) is 11.4 Å². The van der Waals surface area contributed by atoms with Crippen LogP contribution in [0.3, 0.4) is 0 Å². The van der Waals surface area contributed by atoms with Crippen LogP contribution in [-0.4, -0.2) is 40.0 Å². The topological polar surface area (TPSA) is 124 Å². The number of nitrogens with zero attached hydrogens (tertiary/aromatic N) is 6. The highest BCUT2D eigenvalue weighted by atomic mass is 32.2. The number of nitro benzene ring substituents is 1. The van der Waals surface area contributed by atoms with Crippen LogP contribution in [0.2, 0.25) is 0 Å². The van der Waals surface area contributed by atoms with Crippen LogP contribution in [0, 0.1) is 10.1 Å². The van der Waals surface area contributed by atoms with Gasteiger partial charge in [0.2, 0.25) is 5.65 Å². The summed E-state index contributed by atoms with van der Waals surface area (Å²) in [6.45, 7) is 0. The lowest BCUT2D eigenvalue weighted by Crippen LogP contribution is -2.28. The predicted molar refractivity (Wildman–Crippen MR) is 122 cm³/mol. The number of nitro groups is 1. The van der Waals surface area contributed by atoms with Crippen molar-refractivity contribution in [2.24, 2.45) is 0 Å². The third-order valence-electron chi connectivity index (χ3n) is 5.23. The quantitative estimate of drug-likeness (QED) is 0.289. The Morgan fingerprint density at radius 2 is 1.67 bits per heavy atom. The molecule has 3 aromatic carbocycles. The molecule has 0 amide bonds. The minimum atomic E-state index is -3.93. The Labute approximate surface area is 188 Å². The first-order valence-corrected chi connectivity index (χ1v) is 11.2. The SMILES string of the molecule is CN(c1nc2ccccc2n2c(-c3cccc([N+](=O)[O-])c3)nnc12)S(=O)(=O)c1ccccc1. The summed E-state index contributed by atoms with van der Waals surface area (Å²) < 4.78 is 29.3. The molecule has 11 heteroatoms. The van der Waals surface area contributed by atoms with Crippen LogP contribution in [0.15, 0.2) is 83.8 Å². The third-order valence-corrected chi connectivity index (χ3v) is 6.99. The molecule has 0 aliphatic heterocycles. The number of anilines is 1. The van der Waals surface area contributed by atoms with Crippen LogP contribution in [0.25, 0.3) is 28.1 Å². The maximum Gasteiger partial charge on any atom is 0.270 e. The number of fused-ring (bicyclic) bond motifs is 3. The number of rotatable bonds is 5. The largest absolute Gasteiger partial charge is 0.270 e. The van der Waals surface area contributed by atoms with Crippen molar-refractivity contribution < 1.29 is 13.3 Å². The van der Waals surface area contributed by atoms with Gasteiger partial charge >= 0.3 is 0 Å². The molecule has 0 unspecified atom stereocenters. The molecule has 5 rings (SSSR count). The summed E-state index contributed by atoms with van der Waals surface area (Å²) in [6.07, 6.45) is 0. The predicted octanol–water partition coefficient (Wildman–Crippen LogP) is 3.68. The number of aromatic nitrogens is 4. The van der Waals surface area contributed by atoms with Gasteiger partial charge in [-0.1, -0.05) is 42.5 Å². The molecule has 0 aliphatic rings. The zero-order valence-corrected chi connectivity index (χ0v) is 18.0. The maximum absolute atomic E-state index is 13.3. The molecule has 2 heterocycles. The van der Waals surface area contributed by atoms with Crippen LogP contribution in [-0.2, 0) is 10.0 Å². The van der Waals surface area contributed by atoms with Crippen LogP contribution < -0.4 is 4.31 Å². The van der Waals surface area contributed by atoms with Crippen molar-refractivity contribution >= 4 is 38.2 Å². The van der Waals surface area contributed by atoms with Gasteiger partial charge < -0.3 is 0 Å². The second-order valence-corrected chi connectivity index (χ2v) is 9.17. The zero-order valence-electron chi connectivity index (χ0n) is 17.2. The van der Waals surface area contributed by atoms with E-state index < -0.39 is 14.9 Å². The number of non-ortho nitro benzene ring substituents is 1. The lowest BCUT2D eigenvalue weighted by Gasteiger charge is -2.19. The van der Waals surface area contributed by atoms with Gasteiger partial charge in [-0.15, -0.1) is 10.2 Å². The van der Waals surface area contributed by atoms with Crippen molar-refractivity contribution in [2.75, 3.05) is 11.4 Å². The maximum atomic E-state index is 13.3. The lowest BCUT2D eigenvalue weighted by molar-refractivity contribution is -0.384. The van der Waals surface area contributed by atoms with Gasteiger partial charge in [0.1, 0.15) is 0 Å². The Balaban J connectivity index is 1.79. The molecule has 0 spiro atoms. The molecule has 2 aromatic heterocycles. The van der Waals surface area contributed by atoms with Gasteiger partial charge in [0.25, 0.3) is 15.7 Å². The van der Waals surface area contributed by atoms with Crippen LogP contribution in [0.4, 0.5) is 11.5 Å². The molecule has 0 aliphatic carbocycles. The average molecular weight is 460 g/mol. The molecular weight excluding hydrogens is 444 g/mol. The molecule has 164 valence electrons. The lowest BCUT2D eigenvalue weighted by atomic mass is 10.2. The minimum Gasteiger partial charge on any atom is -0.270 e. The highest BCUT2D eigenvalue weighted by Gasteiger charge is 2.27. The van der Waals surface area contributed by atoms with Crippen LogP contribution in [0.1, 0.15) is 0 Å². The van der Waals surface area contributed by atoms with E-state index in [-0.39, 0.29) is 22.0 Å². The van der Waals surface area contributed by atoms with E-state index in [1.54, 1.807) is 52.9 Å². The highest BCUT2D eigenvalue weighted by molar-refractivity contribution is 7.92. The zero-order chi connectivity index (χ0) is 23.2. The first-order chi connectivity index (χ1) is 15.9. The summed E-state index contributed by atoms with van der Waals surface area (Å²) in [5.74, 6) is 0.417. The second kappa shape index (κ2) is 7.64. The Bertz CT molecular complexity index is 1630. The molecule has 0 bridgehead atoms. The molecule has 0 N–H and O–H groups in total. The summed E-state index contributed by atoms with van der Waals surface area (Å²) in [6, 6.07) is 21.2. The molecule has 33 heavy (non-hydrogen) atoms. The van der Waals surface area contributed by atoms with E-state index in [0.29, 0.717) is 22.4 Å². The van der Waals surface area contributed by atoms with Crippen molar-refractivity contribution in [2.45, 2.75) is 4.90 Å². The van der Waals surface area contributed by atoms with Gasteiger partial charge in [-0.2, -0.15) is 0 Å². The van der Waals surface area contributed by atoms with Crippen molar-refractivity contribution in [1.29, 1.82) is 0 Å². The van der Waals surface area contributed by atoms with Crippen molar-refractivity contribution in [3.05, 3.63) is 89.0 Å². The van der Waals surface area contributed by atoms with Gasteiger partial charge in [-0.3, -0.25) is 14.5 Å². The van der Waals surface area contributed by atoms with E-state index in [1.165, 1.54) is 31.3 Å². The third kappa shape index (κ3) is 3.34. The number of para-hydroxylation sites is 2. The Kier molecular flexibility index (Phi) is 4.75. The second-order valence-electron chi connectivity index (χ2n) is 7.20. The first kappa shape index (κ1) is 20.5. The molecule has 0 saturated carbocycles. The van der Waals surface area contributed by atoms with Gasteiger partial charge in [-0.05, 0) is 24.3 Å². The Morgan fingerprint density at radius 1 is 0.939 bits per heavy atom. The molecule has 0 atom stereocenters. The van der Waals surface area contributed by atoms with E-state index >= 15 is 0 Å². The fraction of sp³-hybridized carbons (Fsp3) is 0.0455.